The Hall–Kier alpha value is -1.95. The van der Waals surface area contributed by atoms with Crippen LogP contribution < -0.4 is 4.90 Å². The Morgan fingerprint density at radius 2 is 2.06 bits per heavy atom. The molecule has 1 heterocycles. The Kier molecular flexibility index (Phi) is 3.06. The number of rotatable bonds is 2. The lowest BCUT2D eigenvalue weighted by molar-refractivity contribution is -0.384. The van der Waals surface area contributed by atoms with Crippen LogP contribution in [0.25, 0.3) is 0 Å². The lowest BCUT2D eigenvalue weighted by atomic mass is 10.2. The van der Waals surface area contributed by atoms with Gasteiger partial charge in [0.1, 0.15) is 6.10 Å². The maximum Gasteiger partial charge on any atom is 0.269 e. The van der Waals surface area contributed by atoms with Crippen LogP contribution in [-0.4, -0.2) is 30.1 Å². The summed E-state index contributed by atoms with van der Waals surface area (Å²) in [4.78, 5) is 23.4. The smallest absolute Gasteiger partial charge is 0.269 e. The van der Waals surface area contributed by atoms with Crippen molar-refractivity contribution >= 4 is 17.3 Å². The number of benzene rings is 1. The van der Waals surface area contributed by atoms with Crippen LogP contribution in [-0.2, 0) is 9.53 Å². The van der Waals surface area contributed by atoms with Gasteiger partial charge in [0.15, 0.2) is 0 Å². The first-order valence-electron chi connectivity index (χ1n) is 5.27. The fourth-order valence-corrected chi connectivity index (χ4v) is 1.73. The molecule has 1 saturated heterocycles. The molecule has 1 aromatic carbocycles. The molecule has 1 unspecified atom stereocenters. The van der Waals surface area contributed by atoms with Crippen LogP contribution in [0.4, 0.5) is 11.4 Å². The standard InChI is InChI=1S/C11H12N2O4/c1-8-11(14)12(6-7-17-8)9-2-4-10(5-3-9)13(15)16/h2-5,8H,6-7H2,1H3. The molecule has 0 aromatic heterocycles. The molecule has 0 spiro atoms. The van der Waals surface area contributed by atoms with Crippen molar-refractivity contribution in [1.29, 1.82) is 0 Å². The molecule has 0 radical (unpaired) electrons. The van der Waals surface area contributed by atoms with E-state index >= 15 is 0 Å². The van der Waals surface area contributed by atoms with Crippen LogP contribution >= 0.6 is 0 Å². The lowest BCUT2D eigenvalue weighted by Crippen LogP contribution is -2.46. The average Bonchev–Trinajstić information content (AvgIpc) is 2.33. The van der Waals surface area contributed by atoms with Gasteiger partial charge in [-0.2, -0.15) is 0 Å². The number of nitro benzene ring substituents is 1. The van der Waals surface area contributed by atoms with Crippen LogP contribution in [0.5, 0.6) is 0 Å². The summed E-state index contributed by atoms with van der Waals surface area (Å²) >= 11 is 0. The molecule has 90 valence electrons. The fraction of sp³-hybridized carbons (Fsp3) is 0.364. The van der Waals surface area contributed by atoms with Crippen LogP contribution in [0.1, 0.15) is 6.92 Å². The number of carbonyl (C=O) groups excluding carboxylic acids is 1. The fourth-order valence-electron chi connectivity index (χ4n) is 1.73. The molecular formula is C11H12N2O4. The second kappa shape index (κ2) is 4.50. The molecule has 6 nitrogen and oxygen atoms in total. The highest BCUT2D eigenvalue weighted by Crippen LogP contribution is 2.21. The van der Waals surface area contributed by atoms with E-state index in [4.69, 9.17) is 4.74 Å². The Morgan fingerprint density at radius 1 is 1.41 bits per heavy atom. The minimum atomic E-state index is -0.465. The van der Waals surface area contributed by atoms with Crippen molar-refractivity contribution in [3.63, 3.8) is 0 Å². The molecule has 1 aliphatic rings. The number of nitrogens with zero attached hydrogens (tertiary/aromatic N) is 2. The Morgan fingerprint density at radius 3 is 2.65 bits per heavy atom. The number of morpholine rings is 1. The van der Waals surface area contributed by atoms with E-state index in [1.807, 2.05) is 0 Å². The third-order valence-corrected chi connectivity index (χ3v) is 2.67. The highest BCUT2D eigenvalue weighted by molar-refractivity contribution is 5.96. The summed E-state index contributed by atoms with van der Waals surface area (Å²) in [5, 5.41) is 10.5. The molecule has 1 aromatic rings. The van der Waals surface area contributed by atoms with Gasteiger partial charge in [0, 0.05) is 24.4 Å². The van der Waals surface area contributed by atoms with E-state index in [9.17, 15) is 14.9 Å². The van der Waals surface area contributed by atoms with Gasteiger partial charge in [-0.25, -0.2) is 0 Å². The number of anilines is 1. The van der Waals surface area contributed by atoms with E-state index in [0.29, 0.717) is 18.8 Å². The maximum absolute atomic E-state index is 11.8. The van der Waals surface area contributed by atoms with E-state index in [1.54, 1.807) is 24.0 Å². The van der Waals surface area contributed by atoms with E-state index in [1.165, 1.54) is 12.1 Å². The minimum absolute atomic E-state index is 0.0162. The number of ether oxygens (including phenoxy) is 1. The summed E-state index contributed by atoms with van der Waals surface area (Å²) in [7, 11) is 0. The molecule has 1 fully saturated rings. The third-order valence-electron chi connectivity index (χ3n) is 2.67. The highest BCUT2D eigenvalue weighted by Gasteiger charge is 2.27. The molecule has 1 amide bonds. The van der Waals surface area contributed by atoms with E-state index in [-0.39, 0.29) is 11.6 Å². The first-order chi connectivity index (χ1) is 8.09. The summed E-state index contributed by atoms with van der Waals surface area (Å²) in [6.07, 6.45) is -0.459. The number of carbonyl (C=O) groups is 1. The zero-order valence-electron chi connectivity index (χ0n) is 9.33. The maximum atomic E-state index is 11.8. The summed E-state index contributed by atoms with van der Waals surface area (Å²) < 4.78 is 5.20. The predicted octanol–water partition coefficient (Wildman–Crippen LogP) is 1.35. The van der Waals surface area contributed by atoms with Gasteiger partial charge in [0.2, 0.25) is 0 Å². The quantitative estimate of drug-likeness (QED) is 0.573. The number of nitro groups is 1. The van der Waals surface area contributed by atoms with Crippen LogP contribution in [0.2, 0.25) is 0 Å². The van der Waals surface area contributed by atoms with Crippen molar-refractivity contribution in [2.75, 3.05) is 18.1 Å². The number of hydrogen-bond donors (Lipinski definition) is 0. The zero-order valence-corrected chi connectivity index (χ0v) is 9.33. The molecule has 0 aliphatic carbocycles. The summed E-state index contributed by atoms with van der Waals surface area (Å²) in [5.74, 6) is -0.120. The monoisotopic (exact) mass is 236 g/mol. The molecule has 0 saturated carbocycles. The second-order valence-electron chi connectivity index (χ2n) is 3.78. The van der Waals surface area contributed by atoms with Crippen LogP contribution in [0.15, 0.2) is 24.3 Å². The van der Waals surface area contributed by atoms with Crippen molar-refractivity contribution < 1.29 is 14.5 Å². The van der Waals surface area contributed by atoms with Crippen molar-refractivity contribution in [1.82, 2.24) is 0 Å². The van der Waals surface area contributed by atoms with Gasteiger partial charge in [0.05, 0.1) is 11.5 Å². The van der Waals surface area contributed by atoms with Crippen molar-refractivity contribution in [3.8, 4) is 0 Å². The molecule has 17 heavy (non-hydrogen) atoms. The molecule has 0 bridgehead atoms. The van der Waals surface area contributed by atoms with Crippen molar-refractivity contribution in [3.05, 3.63) is 34.4 Å². The minimum Gasteiger partial charge on any atom is -0.367 e. The van der Waals surface area contributed by atoms with Crippen molar-refractivity contribution in [2.24, 2.45) is 0 Å². The number of non-ortho nitro benzene ring substituents is 1. The van der Waals surface area contributed by atoms with E-state index in [2.05, 4.69) is 0 Å². The second-order valence-corrected chi connectivity index (χ2v) is 3.78. The van der Waals surface area contributed by atoms with Gasteiger partial charge in [-0.3, -0.25) is 14.9 Å². The third kappa shape index (κ3) is 2.26. The topological polar surface area (TPSA) is 72.7 Å². The first-order valence-corrected chi connectivity index (χ1v) is 5.27. The molecule has 0 N–H and O–H groups in total. The van der Waals surface area contributed by atoms with Gasteiger partial charge in [-0.1, -0.05) is 0 Å². The van der Waals surface area contributed by atoms with E-state index in [0.717, 1.165) is 0 Å². The Labute approximate surface area is 97.9 Å². The SMILES string of the molecule is CC1OCCN(c2ccc([N+](=O)[O-])cc2)C1=O. The van der Waals surface area contributed by atoms with Gasteiger partial charge < -0.3 is 9.64 Å². The summed E-state index contributed by atoms with van der Waals surface area (Å²) in [6, 6.07) is 5.94. The van der Waals surface area contributed by atoms with Crippen molar-refractivity contribution in [2.45, 2.75) is 13.0 Å². The predicted molar refractivity (Wildman–Crippen MR) is 60.9 cm³/mol. The number of hydrogen-bond acceptors (Lipinski definition) is 4. The van der Waals surface area contributed by atoms with Gasteiger partial charge in [0.25, 0.3) is 11.6 Å². The molecule has 1 atom stereocenters. The number of amides is 1. The molecule has 1 aliphatic heterocycles. The molecule has 6 heteroatoms. The van der Waals surface area contributed by atoms with Gasteiger partial charge in [-0.05, 0) is 19.1 Å². The average molecular weight is 236 g/mol. The summed E-state index contributed by atoms with van der Waals surface area (Å²) in [5.41, 5.74) is 0.679. The highest BCUT2D eigenvalue weighted by atomic mass is 16.6. The van der Waals surface area contributed by atoms with E-state index < -0.39 is 11.0 Å². The first kappa shape index (κ1) is 11.5. The van der Waals surface area contributed by atoms with Crippen LogP contribution in [0, 0.1) is 10.1 Å². The zero-order chi connectivity index (χ0) is 12.4. The van der Waals surface area contributed by atoms with Gasteiger partial charge >= 0.3 is 0 Å². The lowest BCUT2D eigenvalue weighted by Gasteiger charge is -2.30. The Balaban J connectivity index is 2.22. The Bertz CT molecular complexity index is 443. The summed E-state index contributed by atoms with van der Waals surface area (Å²) in [6.45, 7) is 2.64. The van der Waals surface area contributed by atoms with Gasteiger partial charge in [-0.15, -0.1) is 0 Å². The molecular weight excluding hydrogens is 224 g/mol. The molecule has 2 rings (SSSR count). The normalized spacial score (nSPS) is 20.4. The largest absolute Gasteiger partial charge is 0.367 e. The van der Waals surface area contributed by atoms with Crippen LogP contribution in [0.3, 0.4) is 0 Å².